The van der Waals surface area contributed by atoms with Crippen molar-refractivity contribution in [3.05, 3.63) is 24.0 Å². The van der Waals surface area contributed by atoms with E-state index < -0.39 is 0 Å². The Morgan fingerprint density at radius 1 is 1.35 bits per heavy atom. The third kappa shape index (κ3) is 5.19. The summed E-state index contributed by atoms with van der Waals surface area (Å²) in [5.74, 6) is 0.574. The van der Waals surface area contributed by atoms with Gasteiger partial charge in [0.25, 0.3) is 5.91 Å². The van der Waals surface area contributed by atoms with Crippen molar-refractivity contribution in [2.75, 3.05) is 11.9 Å². The van der Waals surface area contributed by atoms with Crippen molar-refractivity contribution in [1.82, 2.24) is 10.3 Å². The van der Waals surface area contributed by atoms with Crippen molar-refractivity contribution in [3.63, 3.8) is 0 Å². The minimum Gasteiger partial charge on any atom is -0.384 e. The monoisotopic (exact) mass is 277 g/mol. The average Bonchev–Trinajstić information content (AvgIpc) is 2.44. The summed E-state index contributed by atoms with van der Waals surface area (Å²) in [6.45, 7) is 9.39. The lowest BCUT2D eigenvalue weighted by Gasteiger charge is -2.18. The highest BCUT2D eigenvalue weighted by Gasteiger charge is 2.15. The van der Waals surface area contributed by atoms with Crippen LogP contribution in [0.2, 0.25) is 0 Å². The van der Waals surface area contributed by atoms with E-state index in [1.807, 2.05) is 6.07 Å². The summed E-state index contributed by atoms with van der Waals surface area (Å²) in [6, 6.07) is 2.03. The fourth-order valence-corrected chi connectivity index (χ4v) is 2.12. The number of carbonyl (C=O) groups excluding carboxylic acids is 1. The standard InChI is InChI=1S/C16H27N3O/c1-5-8-18-15-7-9-17-11-14(15)16(20)19-13(4)10-12(3)6-2/h7,9,11-13H,5-6,8,10H2,1-4H3,(H,17,18)(H,19,20). The number of rotatable bonds is 8. The van der Waals surface area contributed by atoms with Crippen molar-refractivity contribution in [1.29, 1.82) is 0 Å². The van der Waals surface area contributed by atoms with Crippen LogP contribution < -0.4 is 10.6 Å². The summed E-state index contributed by atoms with van der Waals surface area (Å²) < 4.78 is 0. The van der Waals surface area contributed by atoms with Gasteiger partial charge in [0, 0.05) is 25.0 Å². The van der Waals surface area contributed by atoms with E-state index in [4.69, 9.17) is 0 Å². The molecule has 1 amide bonds. The summed E-state index contributed by atoms with van der Waals surface area (Å²) in [7, 11) is 0. The SMILES string of the molecule is CCCNc1ccncc1C(=O)NC(C)CC(C)CC. The molecule has 0 fully saturated rings. The highest BCUT2D eigenvalue weighted by molar-refractivity contribution is 5.99. The van der Waals surface area contributed by atoms with E-state index in [1.165, 1.54) is 0 Å². The predicted molar refractivity (Wildman–Crippen MR) is 84.0 cm³/mol. The number of hydrogen-bond acceptors (Lipinski definition) is 3. The Balaban J connectivity index is 2.67. The van der Waals surface area contributed by atoms with Gasteiger partial charge in [-0.3, -0.25) is 9.78 Å². The summed E-state index contributed by atoms with van der Waals surface area (Å²) >= 11 is 0. The van der Waals surface area contributed by atoms with Crippen molar-refractivity contribution in [2.24, 2.45) is 5.92 Å². The first-order valence-electron chi connectivity index (χ1n) is 7.57. The van der Waals surface area contributed by atoms with Crippen molar-refractivity contribution >= 4 is 11.6 Å². The highest BCUT2D eigenvalue weighted by Crippen LogP contribution is 2.15. The van der Waals surface area contributed by atoms with E-state index in [1.54, 1.807) is 12.4 Å². The van der Waals surface area contributed by atoms with Gasteiger partial charge in [-0.25, -0.2) is 0 Å². The number of pyridine rings is 1. The fourth-order valence-electron chi connectivity index (χ4n) is 2.12. The molecule has 20 heavy (non-hydrogen) atoms. The molecule has 0 bridgehead atoms. The Bertz CT molecular complexity index is 420. The summed E-state index contributed by atoms with van der Waals surface area (Å²) in [6.07, 6.45) is 6.49. The number of nitrogens with one attached hydrogen (secondary N) is 2. The molecule has 2 atom stereocenters. The molecule has 1 rings (SSSR count). The third-order valence-corrected chi connectivity index (χ3v) is 3.46. The van der Waals surface area contributed by atoms with Gasteiger partial charge >= 0.3 is 0 Å². The zero-order valence-electron chi connectivity index (χ0n) is 13.1. The molecule has 2 N–H and O–H groups in total. The van der Waals surface area contributed by atoms with Crippen LogP contribution in [-0.4, -0.2) is 23.5 Å². The minimum absolute atomic E-state index is 0.0486. The van der Waals surface area contributed by atoms with Crippen molar-refractivity contribution < 1.29 is 4.79 Å². The first kappa shape index (κ1) is 16.5. The molecular weight excluding hydrogens is 250 g/mol. The van der Waals surface area contributed by atoms with Gasteiger partial charge in [-0.05, 0) is 31.7 Å². The number of anilines is 1. The molecule has 0 radical (unpaired) electrons. The van der Waals surface area contributed by atoms with Gasteiger partial charge < -0.3 is 10.6 Å². The van der Waals surface area contributed by atoms with Gasteiger partial charge in [0.2, 0.25) is 0 Å². The molecule has 1 heterocycles. The third-order valence-electron chi connectivity index (χ3n) is 3.46. The Labute approximate surface area is 122 Å². The van der Waals surface area contributed by atoms with Crippen LogP contribution in [0.3, 0.4) is 0 Å². The molecule has 1 aromatic heterocycles. The van der Waals surface area contributed by atoms with Crippen LogP contribution in [0, 0.1) is 5.92 Å². The number of nitrogens with zero attached hydrogens (tertiary/aromatic N) is 1. The van der Waals surface area contributed by atoms with Crippen LogP contribution in [-0.2, 0) is 0 Å². The second-order valence-electron chi connectivity index (χ2n) is 5.47. The molecule has 2 unspecified atom stereocenters. The van der Waals surface area contributed by atoms with Gasteiger partial charge in [0.05, 0.1) is 11.3 Å². The largest absolute Gasteiger partial charge is 0.384 e. The minimum atomic E-state index is -0.0486. The maximum absolute atomic E-state index is 12.3. The molecular formula is C16H27N3O. The van der Waals surface area contributed by atoms with Gasteiger partial charge in [-0.2, -0.15) is 0 Å². The average molecular weight is 277 g/mol. The van der Waals surface area contributed by atoms with E-state index in [-0.39, 0.29) is 11.9 Å². The lowest BCUT2D eigenvalue weighted by Crippen LogP contribution is -2.34. The lowest BCUT2D eigenvalue weighted by molar-refractivity contribution is 0.0936. The Morgan fingerprint density at radius 2 is 2.10 bits per heavy atom. The second kappa shape index (κ2) is 8.56. The molecule has 0 spiro atoms. The lowest BCUT2D eigenvalue weighted by atomic mass is 10.00. The Hall–Kier alpha value is -1.58. The molecule has 0 aliphatic heterocycles. The molecule has 112 valence electrons. The molecule has 4 nitrogen and oxygen atoms in total. The molecule has 0 saturated carbocycles. The molecule has 1 aromatic rings. The van der Waals surface area contributed by atoms with Crippen LogP contribution >= 0.6 is 0 Å². The summed E-state index contributed by atoms with van der Waals surface area (Å²) in [4.78, 5) is 16.4. The van der Waals surface area contributed by atoms with E-state index >= 15 is 0 Å². The zero-order valence-corrected chi connectivity index (χ0v) is 13.1. The molecule has 4 heteroatoms. The smallest absolute Gasteiger partial charge is 0.255 e. The van der Waals surface area contributed by atoms with Crippen LogP contribution in [0.4, 0.5) is 5.69 Å². The van der Waals surface area contributed by atoms with Gasteiger partial charge in [-0.15, -0.1) is 0 Å². The van der Waals surface area contributed by atoms with Gasteiger partial charge in [-0.1, -0.05) is 27.2 Å². The molecule has 0 aromatic carbocycles. The summed E-state index contributed by atoms with van der Waals surface area (Å²) in [5, 5.41) is 6.33. The van der Waals surface area contributed by atoms with Crippen LogP contribution in [0.1, 0.15) is 57.3 Å². The summed E-state index contributed by atoms with van der Waals surface area (Å²) in [5.41, 5.74) is 1.48. The van der Waals surface area contributed by atoms with Gasteiger partial charge in [0.1, 0.15) is 0 Å². The van der Waals surface area contributed by atoms with Gasteiger partial charge in [0.15, 0.2) is 0 Å². The molecule has 0 aliphatic carbocycles. The van der Waals surface area contributed by atoms with Crippen molar-refractivity contribution in [2.45, 2.75) is 53.0 Å². The Morgan fingerprint density at radius 3 is 2.75 bits per heavy atom. The van der Waals surface area contributed by atoms with Crippen LogP contribution in [0.5, 0.6) is 0 Å². The predicted octanol–water partition coefficient (Wildman–Crippen LogP) is 3.46. The van der Waals surface area contributed by atoms with E-state index in [9.17, 15) is 4.79 Å². The molecule has 0 aliphatic rings. The maximum atomic E-state index is 12.3. The normalized spacial score (nSPS) is 13.6. The number of carbonyl (C=O) groups is 1. The van der Waals surface area contributed by atoms with Crippen LogP contribution in [0.25, 0.3) is 0 Å². The van der Waals surface area contributed by atoms with Crippen molar-refractivity contribution in [3.8, 4) is 0 Å². The van der Waals surface area contributed by atoms with Crippen LogP contribution in [0.15, 0.2) is 18.5 Å². The number of aromatic nitrogens is 1. The number of amides is 1. The maximum Gasteiger partial charge on any atom is 0.255 e. The molecule has 0 saturated heterocycles. The van der Waals surface area contributed by atoms with E-state index in [0.29, 0.717) is 11.5 Å². The van der Waals surface area contributed by atoms with E-state index in [0.717, 1.165) is 31.5 Å². The first-order chi connectivity index (χ1) is 9.58. The highest BCUT2D eigenvalue weighted by atomic mass is 16.1. The Kier molecular flexibility index (Phi) is 7.05. The number of hydrogen-bond donors (Lipinski definition) is 2. The second-order valence-corrected chi connectivity index (χ2v) is 5.47. The zero-order chi connectivity index (χ0) is 15.0. The quantitative estimate of drug-likeness (QED) is 0.765. The van der Waals surface area contributed by atoms with E-state index in [2.05, 4.69) is 43.3 Å². The first-order valence-corrected chi connectivity index (χ1v) is 7.57. The fraction of sp³-hybridized carbons (Fsp3) is 0.625. The topological polar surface area (TPSA) is 54.0 Å².